The molecule has 0 unspecified atom stereocenters. The monoisotopic (exact) mass is 366 g/mol. The van der Waals surface area contributed by atoms with Crippen molar-refractivity contribution in [1.82, 2.24) is 9.21 Å². The van der Waals surface area contributed by atoms with Crippen LogP contribution in [0.15, 0.2) is 18.2 Å². The number of likely N-dealkylation sites (tertiary alicyclic amines) is 1. The first-order valence-corrected chi connectivity index (χ1v) is 10.4. The summed E-state index contributed by atoms with van der Waals surface area (Å²) in [4.78, 5) is 14.7. The van der Waals surface area contributed by atoms with Gasteiger partial charge in [-0.3, -0.25) is 4.79 Å². The summed E-state index contributed by atoms with van der Waals surface area (Å²) < 4.78 is 36.6. The fourth-order valence-electron chi connectivity index (χ4n) is 4.34. The third-order valence-corrected chi connectivity index (χ3v) is 6.77. The second kappa shape index (κ2) is 5.88. The van der Waals surface area contributed by atoms with E-state index in [0.717, 1.165) is 25.7 Å². The molecule has 1 aromatic rings. The Hall–Kier alpha value is -1.80. The first-order valence-electron chi connectivity index (χ1n) is 8.56. The van der Waals surface area contributed by atoms with Crippen molar-refractivity contribution >= 4 is 15.9 Å². The van der Waals surface area contributed by atoms with Crippen molar-refractivity contribution in [1.29, 1.82) is 0 Å². The molecule has 0 radical (unpaired) electrons. The number of rotatable bonds is 2. The highest BCUT2D eigenvalue weighted by Gasteiger charge is 2.48. The van der Waals surface area contributed by atoms with Crippen molar-refractivity contribution in [3.8, 4) is 11.5 Å². The summed E-state index contributed by atoms with van der Waals surface area (Å²) in [5, 5.41) is 0. The quantitative estimate of drug-likeness (QED) is 0.792. The van der Waals surface area contributed by atoms with Crippen molar-refractivity contribution in [2.45, 2.75) is 31.2 Å². The van der Waals surface area contributed by atoms with E-state index in [1.807, 2.05) is 0 Å². The lowest BCUT2D eigenvalue weighted by Gasteiger charge is -2.44. The topological polar surface area (TPSA) is 76.2 Å². The Bertz CT molecular complexity index is 809. The molecule has 1 spiro atoms. The minimum absolute atomic E-state index is 0.0854. The number of benzene rings is 1. The molecule has 2 fully saturated rings. The number of hydrogen-bond acceptors (Lipinski definition) is 5. The normalized spacial score (nSPS) is 26.4. The molecule has 3 heterocycles. The summed E-state index contributed by atoms with van der Waals surface area (Å²) >= 11 is 0. The Labute approximate surface area is 147 Å². The fraction of sp³-hybridized carbons (Fsp3) is 0.588. The molecule has 3 aliphatic heterocycles. The van der Waals surface area contributed by atoms with Gasteiger partial charge >= 0.3 is 0 Å². The number of sulfonamides is 1. The summed E-state index contributed by atoms with van der Waals surface area (Å²) in [7, 11) is -3.27. The zero-order valence-corrected chi connectivity index (χ0v) is 15.0. The number of nitrogens with zero attached hydrogens (tertiary/aromatic N) is 2. The molecule has 7 nitrogen and oxygen atoms in total. The largest absolute Gasteiger partial charge is 0.454 e. The Morgan fingerprint density at radius 3 is 2.60 bits per heavy atom. The van der Waals surface area contributed by atoms with Crippen LogP contribution < -0.4 is 9.47 Å². The summed E-state index contributed by atoms with van der Waals surface area (Å²) in [6, 6.07) is 5.18. The van der Waals surface area contributed by atoms with Gasteiger partial charge in [-0.25, -0.2) is 8.42 Å². The molecule has 8 heteroatoms. The van der Waals surface area contributed by atoms with Gasteiger partial charge in [-0.1, -0.05) is 0 Å². The van der Waals surface area contributed by atoms with Crippen molar-refractivity contribution in [2.75, 3.05) is 32.7 Å². The fourth-order valence-corrected chi connectivity index (χ4v) is 5.74. The molecule has 0 aliphatic carbocycles. The van der Waals surface area contributed by atoms with Crippen LogP contribution in [0.4, 0.5) is 0 Å². The molecule has 2 saturated heterocycles. The molecule has 3 aliphatic rings. The van der Waals surface area contributed by atoms with Gasteiger partial charge in [0.1, 0.15) is 0 Å². The van der Waals surface area contributed by atoms with E-state index in [9.17, 15) is 13.2 Å². The van der Waals surface area contributed by atoms with Crippen LogP contribution in [0.1, 0.15) is 36.0 Å². The van der Waals surface area contributed by atoms with E-state index in [4.69, 9.17) is 9.47 Å². The van der Waals surface area contributed by atoms with Crippen molar-refractivity contribution in [3.63, 3.8) is 0 Å². The van der Waals surface area contributed by atoms with E-state index in [1.165, 1.54) is 6.26 Å². The minimum atomic E-state index is -3.27. The molecule has 1 aromatic carbocycles. The SMILES string of the molecule is CS(=O)(=O)N1CCC[C@]12CCCN(C(=O)c1ccc3c(c1)OCO3)C2. The van der Waals surface area contributed by atoms with Gasteiger partial charge in [0.15, 0.2) is 11.5 Å². The average molecular weight is 366 g/mol. The van der Waals surface area contributed by atoms with Crippen molar-refractivity contribution in [3.05, 3.63) is 23.8 Å². The maximum absolute atomic E-state index is 13.0. The highest BCUT2D eigenvalue weighted by molar-refractivity contribution is 7.88. The van der Waals surface area contributed by atoms with Crippen LogP contribution in [0.5, 0.6) is 11.5 Å². The molecular weight excluding hydrogens is 344 g/mol. The summed E-state index contributed by atoms with van der Waals surface area (Å²) in [6.45, 7) is 1.81. The number of hydrogen-bond donors (Lipinski definition) is 0. The predicted octanol–water partition coefficient (Wildman–Crippen LogP) is 1.45. The average Bonchev–Trinajstić information content (AvgIpc) is 3.20. The summed E-state index contributed by atoms with van der Waals surface area (Å²) in [5.74, 6) is 1.14. The van der Waals surface area contributed by atoms with Crippen molar-refractivity contribution in [2.24, 2.45) is 0 Å². The molecule has 136 valence electrons. The predicted molar refractivity (Wildman–Crippen MR) is 91.2 cm³/mol. The van der Waals surface area contributed by atoms with Gasteiger partial charge in [0.05, 0.1) is 11.8 Å². The number of ether oxygens (including phenoxy) is 2. The number of fused-ring (bicyclic) bond motifs is 1. The van der Waals surface area contributed by atoms with E-state index in [1.54, 1.807) is 27.4 Å². The highest BCUT2D eigenvalue weighted by Crippen LogP contribution is 2.39. The smallest absolute Gasteiger partial charge is 0.254 e. The summed E-state index contributed by atoms with van der Waals surface area (Å²) in [5.41, 5.74) is 0.0999. The lowest BCUT2D eigenvalue weighted by Crippen LogP contribution is -2.58. The molecule has 0 saturated carbocycles. The van der Waals surface area contributed by atoms with E-state index >= 15 is 0 Å². The third kappa shape index (κ3) is 2.87. The summed E-state index contributed by atoms with van der Waals surface area (Å²) in [6.07, 6.45) is 4.54. The molecule has 0 N–H and O–H groups in total. The van der Waals surface area contributed by atoms with Gasteiger partial charge in [-0.15, -0.1) is 0 Å². The van der Waals surface area contributed by atoms with Crippen LogP contribution >= 0.6 is 0 Å². The maximum atomic E-state index is 13.0. The van der Waals surface area contributed by atoms with E-state index < -0.39 is 15.6 Å². The lowest BCUT2D eigenvalue weighted by atomic mass is 9.87. The first-order chi connectivity index (χ1) is 11.9. The van der Waals surface area contributed by atoms with E-state index in [0.29, 0.717) is 36.7 Å². The van der Waals surface area contributed by atoms with Crippen molar-refractivity contribution < 1.29 is 22.7 Å². The number of carbonyl (C=O) groups is 1. The molecule has 25 heavy (non-hydrogen) atoms. The maximum Gasteiger partial charge on any atom is 0.254 e. The molecular formula is C17H22N2O5S. The van der Waals surface area contributed by atoms with Crippen LogP contribution in [-0.2, 0) is 10.0 Å². The Morgan fingerprint density at radius 2 is 1.84 bits per heavy atom. The first kappa shape index (κ1) is 16.7. The van der Waals surface area contributed by atoms with Crippen LogP contribution in [-0.4, -0.2) is 61.8 Å². The lowest BCUT2D eigenvalue weighted by molar-refractivity contribution is 0.0524. The second-order valence-corrected chi connectivity index (χ2v) is 8.97. The van der Waals surface area contributed by atoms with Gasteiger partial charge in [0.25, 0.3) is 5.91 Å². The minimum Gasteiger partial charge on any atom is -0.454 e. The Morgan fingerprint density at radius 1 is 1.12 bits per heavy atom. The van der Waals surface area contributed by atoms with E-state index in [-0.39, 0.29) is 12.7 Å². The molecule has 0 aromatic heterocycles. The number of amides is 1. The standard InChI is InChI=1S/C17H22N2O5S/c1-25(21,22)19-9-3-7-17(19)6-2-8-18(11-17)16(20)13-4-5-14-15(10-13)24-12-23-14/h4-5,10H,2-3,6-9,11-12H2,1H3/t17-/m0/s1. The molecule has 4 rings (SSSR count). The van der Waals surface area contributed by atoms with Crippen LogP contribution in [0.2, 0.25) is 0 Å². The Kier molecular flexibility index (Phi) is 3.92. The zero-order chi connectivity index (χ0) is 17.7. The molecule has 1 amide bonds. The molecule has 0 bridgehead atoms. The van der Waals surface area contributed by atoms with Crippen LogP contribution in [0, 0.1) is 0 Å². The number of piperidine rings is 1. The number of carbonyl (C=O) groups excluding carboxylic acids is 1. The van der Waals surface area contributed by atoms with Crippen LogP contribution in [0.25, 0.3) is 0 Å². The van der Waals surface area contributed by atoms with Gasteiger partial charge in [-0.05, 0) is 43.9 Å². The second-order valence-electron chi connectivity index (χ2n) is 7.06. The van der Waals surface area contributed by atoms with E-state index in [2.05, 4.69) is 0 Å². The van der Waals surface area contributed by atoms with Gasteiger partial charge in [-0.2, -0.15) is 4.31 Å². The van der Waals surface area contributed by atoms with Gasteiger partial charge in [0.2, 0.25) is 16.8 Å². The Balaban J connectivity index is 1.58. The molecule has 1 atom stereocenters. The van der Waals surface area contributed by atoms with Crippen LogP contribution in [0.3, 0.4) is 0 Å². The van der Waals surface area contributed by atoms with Gasteiger partial charge in [0, 0.05) is 25.2 Å². The third-order valence-electron chi connectivity index (χ3n) is 5.39. The highest BCUT2D eigenvalue weighted by atomic mass is 32.2. The van der Waals surface area contributed by atoms with Gasteiger partial charge < -0.3 is 14.4 Å². The zero-order valence-electron chi connectivity index (χ0n) is 14.2.